The van der Waals surface area contributed by atoms with E-state index < -0.39 is 0 Å². The number of nitrogens with one attached hydrogen (secondary N) is 1. The second kappa shape index (κ2) is 5.85. The van der Waals surface area contributed by atoms with Crippen molar-refractivity contribution in [3.05, 3.63) is 33.4 Å². The predicted molar refractivity (Wildman–Crippen MR) is 78.0 cm³/mol. The van der Waals surface area contributed by atoms with Gasteiger partial charge in [0.15, 0.2) is 0 Å². The van der Waals surface area contributed by atoms with Crippen molar-refractivity contribution in [1.29, 1.82) is 0 Å². The molecule has 17 heavy (non-hydrogen) atoms. The topological polar surface area (TPSA) is 29.1 Å². The average Bonchev–Trinajstić information content (AvgIpc) is 2.73. The van der Waals surface area contributed by atoms with Crippen molar-refractivity contribution >= 4 is 28.5 Å². The maximum absolute atomic E-state index is 11.9. The third-order valence-corrected chi connectivity index (χ3v) is 4.18. The maximum atomic E-state index is 11.9. The fourth-order valence-electron chi connectivity index (χ4n) is 2.45. The number of carbonyl (C=O) groups excluding carboxylic acids is 1. The van der Waals surface area contributed by atoms with E-state index in [-0.39, 0.29) is 5.91 Å². The Labute approximate surface area is 116 Å². The van der Waals surface area contributed by atoms with Crippen molar-refractivity contribution < 1.29 is 4.79 Å². The molecule has 2 unspecified atom stereocenters. The van der Waals surface area contributed by atoms with Crippen molar-refractivity contribution in [1.82, 2.24) is 5.32 Å². The molecule has 1 aromatic rings. The lowest BCUT2D eigenvalue weighted by Crippen LogP contribution is -2.28. The molecule has 1 fully saturated rings. The van der Waals surface area contributed by atoms with Crippen molar-refractivity contribution in [2.75, 3.05) is 6.54 Å². The predicted octanol–water partition coefficient (Wildman–Crippen LogP) is 3.46. The highest BCUT2D eigenvalue weighted by atomic mass is 127. The van der Waals surface area contributed by atoms with Crippen LogP contribution in [0, 0.1) is 15.4 Å². The van der Waals surface area contributed by atoms with Gasteiger partial charge < -0.3 is 5.32 Å². The molecule has 0 radical (unpaired) electrons. The van der Waals surface area contributed by atoms with Crippen molar-refractivity contribution in [2.24, 2.45) is 11.8 Å². The van der Waals surface area contributed by atoms with Crippen LogP contribution in [-0.2, 0) is 0 Å². The second-order valence-corrected chi connectivity index (χ2v) is 6.25. The van der Waals surface area contributed by atoms with Gasteiger partial charge in [-0.2, -0.15) is 0 Å². The molecule has 2 rings (SSSR count). The van der Waals surface area contributed by atoms with Crippen LogP contribution < -0.4 is 5.32 Å². The lowest BCUT2D eigenvalue weighted by atomic mass is 10.1. The summed E-state index contributed by atoms with van der Waals surface area (Å²) in [5, 5.41) is 3.04. The van der Waals surface area contributed by atoms with Gasteiger partial charge in [0.25, 0.3) is 5.91 Å². The van der Waals surface area contributed by atoms with Gasteiger partial charge in [-0.1, -0.05) is 13.3 Å². The normalized spacial score (nSPS) is 23.6. The van der Waals surface area contributed by atoms with Gasteiger partial charge in [-0.05, 0) is 71.5 Å². The Bertz CT molecular complexity index is 388. The van der Waals surface area contributed by atoms with Gasteiger partial charge in [-0.15, -0.1) is 0 Å². The van der Waals surface area contributed by atoms with Gasteiger partial charge in [0, 0.05) is 15.7 Å². The van der Waals surface area contributed by atoms with Crippen molar-refractivity contribution in [3.8, 4) is 0 Å². The van der Waals surface area contributed by atoms with Crippen LogP contribution >= 0.6 is 22.6 Å². The first-order chi connectivity index (χ1) is 8.15. The number of halogens is 1. The van der Waals surface area contributed by atoms with E-state index in [0.717, 1.165) is 21.6 Å². The molecular weight excluding hydrogens is 325 g/mol. The van der Waals surface area contributed by atoms with E-state index in [2.05, 4.69) is 34.8 Å². The van der Waals surface area contributed by atoms with Crippen LogP contribution in [-0.4, -0.2) is 12.5 Å². The van der Waals surface area contributed by atoms with E-state index >= 15 is 0 Å². The van der Waals surface area contributed by atoms with Crippen molar-refractivity contribution in [2.45, 2.75) is 26.2 Å². The number of amides is 1. The van der Waals surface area contributed by atoms with Gasteiger partial charge >= 0.3 is 0 Å². The summed E-state index contributed by atoms with van der Waals surface area (Å²) in [6.07, 6.45) is 3.82. The molecule has 1 amide bonds. The molecule has 0 saturated heterocycles. The van der Waals surface area contributed by atoms with E-state index in [1.165, 1.54) is 19.3 Å². The molecule has 2 nitrogen and oxygen atoms in total. The summed E-state index contributed by atoms with van der Waals surface area (Å²) in [4.78, 5) is 11.9. The Morgan fingerprint density at radius 1 is 1.35 bits per heavy atom. The first-order valence-corrected chi connectivity index (χ1v) is 7.27. The minimum absolute atomic E-state index is 0.0564. The molecule has 1 aliphatic carbocycles. The highest BCUT2D eigenvalue weighted by Crippen LogP contribution is 2.29. The third kappa shape index (κ3) is 3.69. The molecule has 0 heterocycles. The maximum Gasteiger partial charge on any atom is 0.251 e. The number of hydrogen-bond acceptors (Lipinski definition) is 1. The lowest BCUT2D eigenvalue weighted by Gasteiger charge is -2.11. The molecule has 0 bridgehead atoms. The molecular formula is C14H18INO. The zero-order chi connectivity index (χ0) is 12.3. The SMILES string of the molecule is CC1CCC(CNC(=O)c2ccc(I)cc2)C1. The Balaban J connectivity index is 1.83. The summed E-state index contributed by atoms with van der Waals surface area (Å²) in [5.74, 6) is 1.56. The molecule has 3 heteroatoms. The Morgan fingerprint density at radius 3 is 2.65 bits per heavy atom. The van der Waals surface area contributed by atoms with E-state index in [1.54, 1.807) is 0 Å². The van der Waals surface area contributed by atoms with E-state index in [1.807, 2.05) is 24.3 Å². The molecule has 1 saturated carbocycles. The third-order valence-electron chi connectivity index (χ3n) is 3.46. The van der Waals surface area contributed by atoms with Crippen LogP contribution in [0.1, 0.15) is 36.5 Å². The van der Waals surface area contributed by atoms with Gasteiger partial charge in [0.2, 0.25) is 0 Å². The smallest absolute Gasteiger partial charge is 0.251 e. The van der Waals surface area contributed by atoms with Gasteiger partial charge in [-0.3, -0.25) is 4.79 Å². The largest absolute Gasteiger partial charge is 0.352 e. The van der Waals surface area contributed by atoms with Gasteiger partial charge in [-0.25, -0.2) is 0 Å². The minimum Gasteiger partial charge on any atom is -0.352 e. The molecule has 1 aromatic carbocycles. The van der Waals surface area contributed by atoms with Crippen LogP contribution in [0.2, 0.25) is 0 Å². The molecule has 92 valence electrons. The molecule has 1 aliphatic rings. The second-order valence-electron chi connectivity index (χ2n) is 5.00. The molecule has 0 aromatic heterocycles. The highest BCUT2D eigenvalue weighted by Gasteiger charge is 2.21. The van der Waals surface area contributed by atoms with Crippen LogP contribution in [0.25, 0.3) is 0 Å². The van der Waals surface area contributed by atoms with E-state index in [4.69, 9.17) is 0 Å². The molecule has 2 atom stereocenters. The van der Waals surface area contributed by atoms with Crippen LogP contribution in [0.4, 0.5) is 0 Å². The lowest BCUT2D eigenvalue weighted by molar-refractivity contribution is 0.0947. The summed E-state index contributed by atoms with van der Waals surface area (Å²) in [5.41, 5.74) is 0.761. The van der Waals surface area contributed by atoms with E-state index in [0.29, 0.717) is 5.92 Å². The standard InChI is InChI=1S/C14H18INO/c1-10-2-3-11(8-10)9-16-14(17)12-4-6-13(15)7-5-12/h4-7,10-11H,2-3,8-9H2,1H3,(H,16,17). The Kier molecular flexibility index (Phi) is 4.42. The summed E-state index contributed by atoms with van der Waals surface area (Å²) in [7, 11) is 0. The quantitative estimate of drug-likeness (QED) is 0.837. The first-order valence-electron chi connectivity index (χ1n) is 6.19. The Hall–Kier alpha value is -0.580. The van der Waals surface area contributed by atoms with Gasteiger partial charge in [0.05, 0.1) is 0 Å². The van der Waals surface area contributed by atoms with Crippen LogP contribution in [0.3, 0.4) is 0 Å². The fourth-order valence-corrected chi connectivity index (χ4v) is 2.81. The van der Waals surface area contributed by atoms with E-state index in [9.17, 15) is 4.79 Å². The summed E-state index contributed by atoms with van der Waals surface area (Å²) in [6, 6.07) is 7.70. The zero-order valence-electron chi connectivity index (χ0n) is 10.1. The summed E-state index contributed by atoms with van der Waals surface area (Å²) < 4.78 is 1.16. The monoisotopic (exact) mass is 343 g/mol. The molecule has 1 N–H and O–H groups in total. The summed E-state index contributed by atoms with van der Waals surface area (Å²) in [6.45, 7) is 3.12. The fraction of sp³-hybridized carbons (Fsp3) is 0.500. The van der Waals surface area contributed by atoms with Gasteiger partial charge in [0.1, 0.15) is 0 Å². The number of benzene rings is 1. The highest BCUT2D eigenvalue weighted by molar-refractivity contribution is 14.1. The van der Waals surface area contributed by atoms with Crippen LogP contribution in [0.5, 0.6) is 0 Å². The number of rotatable bonds is 3. The average molecular weight is 343 g/mol. The molecule has 0 spiro atoms. The Morgan fingerprint density at radius 2 is 2.06 bits per heavy atom. The summed E-state index contributed by atoms with van der Waals surface area (Å²) >= 11 is 2.24. The number of carbonyl (C=O) groups is 1. The van der Waals surface area contributed by atoms with Crippen molar-refractivity contribution in [3.63, 3.8) is 0 Å². The first kappa shape index (κ1) is 12.9. The van der Waals surface area contributed by atoms with Crippen LogP contribution in [0.15, 0.2) is 24.3 Å². The molecule has 0 aliphatic heterocycles. The number of hydrogen-bond donors (Lipinski definition) is 1. The zero-order valence-corrected chi connectivity index (χ0v) is 12.2. The minimum atomic E-state index is 0.0564.